The minimum atomic E-state index is -0.361. The van der Waals surface area contributed by atoms with Crippen LogP contribution >= 0.6 is 0 Å². The molecule has 0 saturated heterocycles. The number of aromatic nitrogens is 2. The molecule has 7 heteroatoms. The maximum Gasteiger partial charge on any atom is 0.319 e. The monoisotopic (exact) mass is 358 g/mol. The first-order valence-electron chi connectivity index (χ1n) is 8.67. The third-order valence-corrected chi connectivity index (χ3v) is 3.95. The van der Waals surface area contributed by atoms with Crippen LogP contribution in [0.5, 0.6) is 5.75 Å². The lowest BCUT2D eigenvalue weighted by Gasteiger charge is -2.17. The number of nitrogens with zero attached hydrogens (tertiary/aromatic N) is 2. The van der Waals surface area contributed by atoms with Gasteiger partial charge in [-0.25, -0.2) is 4.79 Å². The largest absolute Gasteiger partial charge is 0.492 e. The summed E-state index contributed by atoms with van der Waals surface area (Å²) in [6, 6.07) is 6.65. The Balaban J connectivity index is 2.03. The standard InChI is InChI=1S/C19H26N4O3/c1-6-26-18-8-7-16(15(5)24)10-17(18)21-19(25)20-11-14(4)23-13(3)9-12(2)22-23/h7-10,14H,6,11H2,1-5H3,(H2,20,21,25). The maximum atomic E-state index is 12.3. The molecular formula is C19H26N4O3. The predicted octanol–water partition coefficient (Wildman–Crippen LogP) is 3.48. The molecule has 0 aliphatic rings. The zero-order chi connectivity index (χ0) is 19.3. The van der Waals surface area contributed by atoms with Gasteiger partial charge in [-0.15, -0.1) is 0 Å². The van der Waals surface area contributed by atoms with Gasteiger partial charge in [0.2, 0.25) is 0 Å². The molecule has 26 heavy (non-hydrogen) atoms. The molecule has 0 bridgehead atoms. The summed E-state index contributed by atoms with van der Waals surface area (Å²) in [6.45, 7) is 10.1. The summed E-state index contributed by atoms with van der Waals surface area (Å²) >= 11 is 0. The molecule has 2 N–H and O–H groups in total. The third-order valence-electron chi connectivity index (χ3n) is 3.95. The van der Waals surface area contributed by atoms with Crippen LogP contribution in [0.1, 0.15) is 48.6 Å². The number of ketones is 1. The van der Waals surface area contributed by atoms with E-state index in [1.165, 1.54) is 6.92 Å². The highest BCUT2D eigenvalue weighted by Gasteiger charge is 2.13. The van der Waals surface area contributed by atoms with Crippen molar-refractivity contribution >= 4 is 17.5 Å². The third kappa shape index (κ3) is 4.84. The number of anilines is 1. The van der Waals surface area contributed by atoms with Crippen molar-refractivity contribution in [1.29, 1.82) is 0 Å². The lowest BCUT2D eigenvalue weighted by molar-refractivity contribution is 0.101. The molecule has 1 heterocycles. The molecule has 0 fully saturated rings. The van der Waals surface area contributed by atoms with Crippen LogP contribution in [0.25, 0.3) is 0 Å². The fourth-order valence-electron chi connectivity index (χ4n) is 2.71. The summed E-state index contributed by atoms with van der Waals surface area (Å²) in [5, 5.41) is 10.0. The Bertz CT molecular complexity index is 798. The number of nitrogens with one attached hydrogen (secondary N) is 2. The number of amides is 2. The number of hydrogen-bond donors (Lipinski definition) is 2. The summed E-state index contributed by atoms with van der Waals surface area (Å²) in [7, 11) is 0. The second-order valence-corrected chi connectivity index (χ2v) is 6.26. The highest BCUT2D eigenvalue weighted by molar-refractivity contribution is 5.97. The molecule has 140 valence electrons. The Labute approximate surface area is 153 Å². The Kier molecular flexibility index (Phi) is 6.38. The van der Waals surface area contributed by atoms with Gasteiger partial charge < -0.3 is 15.4 Å². The Hall–Kier alpha value is -2.83. The number of carbonyl (C=O) groups excluding carboxylic acids is 2. The number of carbonyl (C=O) groups is 2. The van der Waals surface area contributed by atoms with Gasteiger partial charge in [-0.05, 0) is 58.9 Å². The minimum Gasteiger partial charge on any atom is -0.492 e. The SMILES string of the molecule is CCOc1ccc(C(C)=O)cc1NC(=O)NCC(C)n1nc(C)cc1C. The van der Waals surface area contributed by atoms with Crippen molar-refractivity contribution < 1.29 is 14.3 Å². The van der Waals surface area contributed by atoms with Crippen LogP contribution in [0.2, 0.25) is 0 Å². The van der Waals surface area contributed by atoms with Crippen molar-refractivity contribution in [3.63, 3.8) is 0 Å². The van der Waals surface area contributed by atoms with Gasteiger partial charge in [0.15, 0.2) is 5.78 Å². The summed E-state index contributed by atoms with van der Waals surface area (Å²) in [6.07, 6.45) is 0. The average molecular weight is 358 g/mol. The molecular weight excluding hydrogens is 332 g/mol. The molecule has 2 amide bonds. The molecule has 0 saturated carbocycles. The zero-order valence-corrected chi connectivity index (χ0v) is 15.9. The Morgan fingerprint density at radius 2 is 2.00 bits per heavy atom. The van der Waals surface area contributed by atoms with Gasteiger partial charge in [-0.1, -0.05) is 0 Å². The number of rotatable bonds is 7. The molecule has 0 aliphatic carbocycles. The van der Waals surface area contributed by atoms with Crippen molar-refractivity contribution in [3.05, 3.63) is 41.2 Å². The average Bonchev–Trinajstić information content (AvgIpc) is 2.92. The molecule has 1 aromatic heterocycles. The normalized spacial score (nSPS) is 11.7. The van der Waals surface area contributed by atoms with Crippen molar-refractivity contribution in [2.45, 2.75) is 40.7 Å². The van der Waals surface area contributed by atoms with Crippen LogP contribution < -0.4 is 15.4 Å². The molecule has 1 aromatic carbocycles. The van der Waals surface area contributed by atoms with E-state index < -0.39 is 0 Å². The van der Waals surface area contributed by atoms with Crippen LogP contribution in [-0.2, 0) is 0 Å². The van der Waals surface area contributed by atoms with E-state index in [-0.39, 0.29) is 17.9 Å². The smallest absolute Gasteiger partial charge is 0.319 e. The molecule has 2 rings (SSSR count). The van der Waals surface area contributed by atoms with Gasteiger partial charge in [0.05, 0.1) is 24.0 Å². The number of ether oxygens (including phenoxy) is 1. The van der Waals surface area contributed by atoms with E-state index in [9.17, 15) is 9.59 Å². The lowest BCUT2D eigenvalue weighted by Crippen LogP contribution is -2.33. The van der Waals surface area contributed by atoms with Crippen molar-refractivity contribution in [2.75, 3.05) is 18.5 Å². The second kappa shape index (κ2) is 8.51. The topological polar surface area (TPSA) is 85.2 Å². The number of Topliss-reactive ketones (excluding diaryl/α,β-unsaturated/α-hetero) is 1. The van der Waals surface area contributed by atoms with E-state index in [0.717, 1.165) is 11.4 Å². The minimum absolute atomic E-state index is 0.0179. The quantitative estimate of drug-likeness (QED) is 0.742. The van der Waals surface area contributed by atoms with E-state index in [0.29, 0.717) is 30.2 Å². The summed E-state index contributed by atoms with van der Waals surface area (Å²) in [5.74, 6) is 0.453. The fourth-order valence-corrected chi connectivity index (χ4v) is 2.71. The molecule has 0 radical (unpaired) electrons. The highest BCUT2D eigenvalue weighted by atomic mass is 16.5. The van der Waals surface area contributed by atoms with Crippen LogP contribution in [0.3, 0.4) is 0 Å². The van der Waals surface area contributed by atoms with Crippen molar-refractivity contribution in [1.82, 2.24) is 15.1 Å². The van der Waals surface area contributed by atoms with Gasteiger partial charge in [-0.3, -0.25) is 9.48 Å². The Morgan fingerprint density at radius 3 is 2.58 bits per heavy atom. The highest BCUT2D eigenvalue weighted by Crippen LogP contribution is 2.26. The fraction of sp³-hybridized carbons (Fsp3) is 0.421. The number of aryl methyl sites for hydroxylation is 2. The van der Waals surface area contributed by atoms with Gasteiger partial charge in [-0.2, -0.15) is 5.10 Å². The number of urea groups is 1. The molecule has 2 aromatic rings. The van der Waals surface area contributed by atoms with Crippen molar-refractivity contribution in [3.8, 4) is 5.75 Å². The summed E-state index contributed by atoms with van der Waals surface area (Å²) in [4.78, 5) is 23.9. The van der Waals surface area contributed by atoms with E-state index >= 15 is 0 Å². The van der Waals surface area contributed by atoms with E-state index in [1.807, 2.05) is 38.4 Å². The molecule has 1 unspecified atom stereocenters. The number of benzene rings is 1. The van der Waals surface area contributed by atoms with Gasteiger partial charge in [0, 0.05) is 17.8 Å². The molecule has 1 atom stereocenters. The van der Waals surface area contributed by atoms with Crippen LogP contribution in [-0.4, -0.2) is 34.7 Å². The molecule has 0 spiro atoms. The first kappa shape index (κ1) is 19.5. The van der Waals surface area contributed by atoms with Crippen molar-refractivity contribution in [2.24, 2.45) is 0 Å². The Morgan fingerprint density at radius 1 is 1.27 bits per heavy atom. The van der Waals surface area contributed by atoms with Crippen LogP contribution in [0, 0.1) is 13.8 Å². The summed E-state index contributed by atoms with van der Waals surface area (Å²) in [5.41, 5.74) is 2.97. The first-order chi connectivity index (χ1) is 12.3. The first-order valence-corrected chi connectivity index (χ1v) is 8.67. The molecule has 7 nitrogen and oxygen atoms in total. The predicted molar refractivity (Wildman–Crippen MR) is 101 cm³/mol. The lowest BCUT2D eigenvalue weighted by atomic mass is 10.1. The van der Waals surface area contributed by atoms with Gasteiger partial charge in [0.1, 0.15) is 5.75 Å². The van der Waals surface area contributed by atoms with Gasteiger partial charge in [0.25, 0.3) is 0 Å². The zero-order valence-electron chi connectivity index (χ0n) is 15.9. The number of hydrogen-bond acceptors (Lipinski definition) is 4. The van der Waals surface area contributed by atoms with E-state index in [2.05, 4.69) is 15.7 Å². The van der Waals surface area contributed by atoms with Crippen LogP contribution in [0.15, 0.2) is 24.3 Å². The van der Waals surface area contributed by atoms with Crippen LogP contribution in [0.4, 0.5) is 10.5 Å². The molecule has 0 aliphatic heterocycles. The second-order valence-electron chi connectivity index (χ2n) is 6.26. The van der Waals surface area contributed by atoms with E-state index in [1.54, 1.807) is 18.2 Å². The van der Waals surface area contributed by atoms with E-state index in [4.69, 9.17) is 4.74 Å². The summed E-state index contributed by atoms with van der Waals surface area (Å²) < 4.78 is 7.40. The maximum absolute atomic E-state index is 12.3. The van der Waals surface area contributed by atoms with Gasteiger partial charge >= 0.3 is 6.03 Å².